The van der Waals surface area contributed by atoms with Crippen LogP contribution < -0.4 is 10.1 Å². The molecule has 0 aliphatic carbocycles. The van der Waals surface area contributed by atoms with Crippen LogP contribution in [0.3, 0.4) is 0 Å². The lowest BCUT2D eigenvalue weighted by molar-refractivity contribution is -0.120. The maximum atomic E-state index is 12.3. The lowest BCUT2D eigenvalue weighted by atomic mass is 10.2. The van der Waals surface area contributed by atoms with Crippen molar-refractivity contribution >= 4 is 29.3 Å². The first-order valence-corrected chi connectivity index (χ1v) is 9.48. The number of hydrogen-bond acceptors (Lipinski definition) is 6. The number of benzene rings is 2. The van der Waals surface area contributed by atoms with E-state index in [4.69, 9.17) is 20.9 Å². The van der Waals surface area contributed by atoms with E-state index < -0.39 is 0 Å². The Labute approximate surface area is 166 Å². The number of ether oxygens (including phenoxy) is 1. The van der Waals surface area contributed by atoms with Gasteiger partial charge in [-0.3, -0.25) is 4.79 Å². The van der Waals surface area contributed by atoms with Gasteiger partial charge in [0.2, 0.25) is 17.6 Å². The predicted octanol–water partition coefficient (Wildman–Crippen LogP) is 4.20. The summed E-state index contributed by atoms with van der Waals surface area (Å²) < 4.78 is 10.3. The third-order valence-corrected chi connectivity index (χ3v) is 5.09. The van der Waals surface area contributed by atoms with Crippen LogP contribution in [-0.4, -0.2) is 28.4 Å². The van der Waals surface area contributed by atoms with E-state index in [2.05, 4.69) is 15.5 Å². The topological polar surface area (TPSA) is 77.3 Å². The van der Waals surface area contributed by atoms with E-state index in [0.29, 0.717) is 16.7 Å². The fourth-order valence-electron chi connectivity index (χ4n) is 2.26. The van der Waals surface area contributed by atoms with Gasteiger partial charge in [0.05, 0.1) is 18.9 Å². The Morgan fingerprint density at radius 2 is 1.93 bits per heavy atom. The number of thioether (sulfide) groups is 1. The first-order valence-electron chi connectivity index (χ1n) is 8.22. The molecule has 27 heavy (non-hydrogen) atoms. The fraction of sp³-hybridized carbons (Fsp3) is 0.211. The molecule has 0 fully saturated rings. The molecule has 0 radical (unpaired) electrons. The zero-order valence-corrected chi connectivity index (χ0v) is 16.4. The molecule has 0 saturated heterocycles. The molecule has 1 unspecified atom stereocenters. The van der Waals surface area contributed by atoms with E-state index in [0.717, 1.165) is 16.2 Å². The number of methoxy groups -OCH3 is 1. The molecule has 1 atom stereocenters. The number of hydrogen-bond donors (Lipinski definition) is 1. The van der Waals surface area contributed by atoms with Crippen molar-refractivity contribution in [1.29, 1.82) is 0 Å². The van der Waals surface area contributed by atoms with Gasteiger partial charge >= 0.3 is 0 Å². The van der Waals surface area contributed by atoms with Crippen LogP contribution in [0.15, 0.2) is 57.9 Å². The van der Waals surface area contributed by atoms with Crippen molar-refractivity contribution < 1.29 is 14.1 Å². The number of carbonyl (C=O) groups is 1. The van der Waals surface area contributed by atoms with Crippen LogP contribution in [0.4, 0.5) is 0 Å². The molecule has 0 spiro atoms. The highest BCUT2D eigenvalue weighted by Gasteiger charge is 2.16. The van der Waals surface area contributed by atoms with Gasteiger partial charge in [0.25, 0.3) is 0 Å². The van der Waals surface area contributed by atoms with E-state index in [-0.39, 0.29) is 17.7 Å². The minimum absolute atomic E-state index is 0.112. The molecule has 0 saturated carbocycles. The van der Waals surface area contributed by atoms with Crippen molar-refractivity contribution in [3.05, 3.63) is 59.4 Å². The van der Waals surface area contributed by atoms with Crippen molar-refractivity contribution in [3.8, 4) is 17.1 Å². The van der Waals surface area contributed by atoms with Gasteiger partial charge in [-0.1, -0.05) is 16.8 Å². The maximum absolute atomic E-state index is 12.3. The van der Waals surface area contributed by atoms with Crippen LogP contribution in [0, 0.1) is 0 Å². The average Bonchev–Trinajstić information content (AvgIpc) is 3.17. The molecular weight excluding hydrogens is 386 g/mol. The highest BCUT2D eigenvalue weighted by Crippen LogP contribution is 2.25. The molecule has 3 rings (SSSR count). The van der Waals surface area contributed by atoms with E-state index >= 15 is 0 Å². The van der Waals surface area contributed by atoms with E-state index in [9.17, 15) is 4.79 Å². The van der Waals surface area contributed by atoms with E-state index in [1.165, 1.54) is 11.8 Å². The second kappa shape index (κ2) is 8.92. The number of aromatic nitrogens is 2. The lowest BCUT2D eigenvalue weighted by Crippen LogP contribution is -2.30. The standard InChI is InChI=1S/C19H18ClN3O3S/c1-12(27-16-9-5-14(20)6-10-16)19(24)21-11-17-22-18(23-26-17)13-3-7-15(25-2)8-4-13/h3-10,12H,11H2,1-2H3,(H,21,24). The minimum atomic E-state index is -0.268. The van der Waals surface area contributed by atoms with Gasteiger partial charge in [-0.05, 0) is 55.5 Å². The SMILES string of the molecule is COc1ccc(-c2noc(CNC(=O)C(C)Sc3ccc(Cl)cc3)n2)cc1. The third-order valence-electron chi connectivity index (χ3n) is 3.73. The first kappa shape index (κ1) is 19.3. The molecular formula is C19H18ClN3O3S. The van der Waals surface area contributed by atoms with Gasteiger partial charge in [0.15, 0.2) is 0 Å². The molecule has 8 heteroatoms. The molecule has 140 valence electrons. The van der Waals surface area contributed by atoms with Crippen molar-refractivity contribution in [1.82, 2.24) is 15.5 Å². The summed E-state index contributed by atoms with van der Waals surface area (Å²) in [6.07, 6.45) is 0. The highest BCUT2D eigenvalue weighted by molar-refractivity contribution is 8.00. The molecule has 1 amide bonds. The van der Waals surface area contributed by atoms with Gasteiger partial charge < -0.3 is 14.6 Å². The Bertz CT molecular complexity index is 897. The van der Waals surface area contributed by atoms with Crippen LogP contribution in [-0.2, 0) is 11.3 Å². The van der Waals surface area contributed by atoms with Gasteiger partial charge in [-0.25, -0.2) is 0 Å². The van der Waals surface area contributed by atoms with Gasteiger partial charge in [-0.15, -0.1) is 11.8 Å². The smallest absolute Gasteiger partial charge is 0.246 e. The predicted molar refractivity (Wildman–Crippen MR) is 105 cm³/mol. The van der Waals surface area contributed by atoms with Crippen LogP contribution in [0.2, 0.25) is 5.02 Å². The Hall–Kier alpha value is -2.51. The zero-order chi connectivity index (χ0) is 19.2. The van der Waals surface area contributed by atoms with Crippen molar-refractivity contribution in [2.75, 3.05) is 7.11 Å². The number of rotatable bonds is 7. The highest BCUT2D eigenvalue weighted by atomic mass is 35.5. The molecule has 1 N–H and O–H groups in total. The quantitative estimate of drug-likeness (QED) is 0.596. The summed E-state index contributed by atoms with van der Waals surface area (Å²) in [6.45, 7) is 2.01. The Morgan fingerprint density at radius 1 is 1.22 bits per heavy atom. The number of amides is 1. The van der Waals surface area contributed by atoms with Crippen LogP contribution >= 0.6 is 23.4 Å². The van der Waals surface area contributed by atoms with Gasteiger partial charge in [-0.2, -0.15) is 4.98 Å². The second-order valence-electron chi connectivity index (χ2n) is 5.67. The Morgan fingerprint density at radius 3 is 2.59 bits per heavy atom. The molecule has 0 aliphatic heterocycles. The largest absolute Gasteiger partial charge is 0.497 e. The molecule has 0 bridgehead atoms. The Kier molecular flexibility index (Phi) is 6.36. The summed E-state index contributed by atoms with van der Waals surface area (Å²) in [5.74, 6) is 1.45. The summed E-state index contributed by atoms with van der Waals surface area (Å²) in [5.41, 5.74) is 0.809. The van der Waals surface area contributed by atoms with Crippen LogP contribution in [0.25, 0.3) is 11.4 Å². The fourth-order valence-corrected chi connectivity index (χ4v) is 3.28. The monoisotopic (exact) mass is 403 g/mol. The molecule has 1 aromatic heterocycles. The summed E-state index contributed by atoms with van der Waals surface area (Å²) in [7, 11) is 1.61. The summed E-state index contributed by atoms with van der Waals surface area (Å²) in [4.78, 5) is 17.6. The van der Waals surface area contributed by atoms with Crippen molar-refractivity contribution in [3.63, 3.8) is 0 Å². The number of halogens is 1. The molecule has 3 aromatic rings. The molecule has 1 heterocycles. The van der Waals surface area contributed by atoms with Crippen molar-refractivity contribution in [2.45, 2.75) is 23.6 Å². The van der Waals surface area contributed by atoms with Crippen LogP contribution in [0.1, 0.15) is 12.8 Å². The molecule has 0 aliphatic rings. The number of nitrogens with one attached hydrogen (secondary N) is 1. The average molecular weight is 404 g/mol. The second-order valence-corrected chi connectivity index (χ2v) is 7.52. The lowest BCUT2D eigenvalue weighted by Gasteiger charge is -2.10. The maximum Gasteiger partial charge on any atom is 0.246 e. The summed E-state index contributed by atoms with van der Waals surface area (Å²) in [6, 6.07) is 14.7. The number of nitrogens with zero attached hydrogens (tertiary/aromatic N) is 2. The van der Waals surface area contributed by atoms with Gasteiger partial charge in [0.1, 0.15) is 5.75 Å². The third kappa shape index (κ3) is 5.24. The summed E-state index contributed by atoms with van der Waals surface area (Å²) in [5, 5.41) is 7.15. The van der Waals surface area contributed by atoms with Crippen molar-refractivity contribution in [2.24, 2.45) is 0 Å². The normalized spacial score (nSPS) is 11.8. The number of carbonyl (C=O) groups excluding carboxylic acids is 1. The molecule has 2 aromatic carbocycles. The minimum Gasteiger partial charge on any atom is -0.497 e. The first-order chi connectivity index (χ1) is 13.0. The molecule has 6 nitrogen and oxygen atoms in total. The van der Waals surface area contributed by atoms with E-state index in [1.54, 1.807) is 19.2 Å². The zero-order valence-electron chi connectivity index (χ0n) is 14.8. The van der Waals surface area contributed by atoms with Gasteiger partial charge in [0, 0.05) is 15.5 Å². The van der Waals surface area contributed by atoms with Crippen LogP contribution in [0.5, 0.6) is 5.75 Å². The van der Waals surface area contributed by atoms with E-state index in [1.807, 2.05) is 43.3 Å². The summed E-state index contributed by atoms with van der Waals surface area (Å²) >= 11 is 7.32. The Balaban J connectivity index is 1.54.